The van der Waals surface area contributed by atoms with Gasteiger partial charge in [0.05, 0.1) is 19.3 Å². The molecule has 0 aliphatic carbocycles. The number of hydrogen-bond acceptors (Lipinski definition) is 6. The summed E-state index contributed by atoms with van der Waals surface area (Å²) in [7, 11) is 1.61. The summed E-state index contributed by atoms with van der Waals surface area (Å²) in [6.45, 7) is 2.07. The van der Waals surface area contributed by atoms with Gasteiger partial charge in [-0.25, -0.2) is 9.78 Å². The Kier molecular flexibility index (Phi) is 5.83. The summed E-state index contributed by atoms with van der Waals surface area (Å²) < 4.78 is 10.1. The number of methoxy groups -OCH3 is 1. The molecule has 0 fully saturated rings. The summed E-state index contributed by atoms with van der Waals surface area (Å²) in [6.07, 6.45) is 0. The van der Waals surface area contributed by atoms with Gasteiger partial charge in [-0.1, -0.05) is 0 Å². The number of esters is 1. The van der Waals surface area contributed by atoms with Crippen molar-refractivity contribution in [3.05, 3.63) is 65.2 Å². The summed E-state index contributed by atoms with van der Waals surface area (Å²) >= 11 is 1.39. The van der Waals surface area contributed by atoms with Crippen LogP contribution in [0, 0.1) is 0 Å². The molecule has 0 saturated carbocycles. The van der Waals surface area contributed by atoms with Gasteiger partial charge in [-0.05, 0) is 55.5 Å². The van der Waals surface area contributed by atoms with Crippen molar-refractivity contribution in [2.24, 2.45) is 0 Å². The first-order valence-electron chi connectivity index (χ1n) is 8.29. The second-order valence-electron chi connectivity index (χ2n) is 5.52. The third kappa shape index (κ3) is 4.51. The first-order valence-corrected chi connectivity index (χ1v) is 9.17. The number of benzene rings is 2. The molecule has 1 aromatic heterocycles. The number of nitrogens with one attached hydrogen (secondary N) is 1. The normalized spacial score (nSPS) is 10.3. The maximum absolute atomic E-state index is 12.4. The van der Waals surface area contributed by atoms with Gasteiger partial charge < -0.3 is 14.8 Å². The van der Waals surface area contributed by atoms with Gasteiger partial charge in [0.2, 0.25) is 0 Å². The topological polar surface area (TPSA) is 77.5 Å². The highest BCUT2D eigenvalue weighted by atomic mass is 32.1. The number of hydrogen-bond donors (Lipinski definition) is 1. The van der Waals surface area contributed by atoms with Gasteiger partial charge in [0.25, 0.3) is 5.91 Å². The lowest BCUT2D eigenvalue weighted by molar-refractivity contribution is 0.0526. The van der Waals surface area contributed by atoms with E-state index in [0.717, 1.165) is 16.3 Å². The molecule has 0 aliphatic rings. The van der Waals surface area contributed by atoms with Gasteiger partial charge in [-0.3, -0.25) is 4.79 Å². The molecule has 0 bridgehead atoms. The Morgan fingerprint density at radius 2 is 1.78 bits per heavy atom. The predicted molar refractivity (Wildman–Crippen MR) is 104 cm³/mol. The monoisotopic (exact) mass is 382 g/mol. The van der Waals surface area contributed by atoms with Crippen molar-refractivity contribution in [1.29, 1.82) is 0 Å². The average Bonchev–Trinajstić information content (AvgIpc) is 3.19. The maximum atomic E-state index is 12.4. The zero-order valence-electron chi connectivity index (χ0n) is 14.9. The van der Waals surface area contributed by atoms with Gasteiger partial charge in [0.15, 0.2) is 0 Å². The van der Waals surface area contributed by atoms with Crippen LogP contribution in [0.1, 0.15) is 27.8 Å². The molecule has 0 radical (unpaired) electrons. The number of nitrogens with zero attached hydrogens (tertiary/aromatic N) is 1. The molecular formula is C20H18N2O4S. The molecular weight excluding hydrogens is 364 g/mol. The molecule has 0 atom stereocenters. The van der Waals surface area contributed by atoms with Crippen LogP contribution in [0.25, 0.3) is 10.6 Å². The number of anilines is 1. The summed E-state index contributed by atoms with van der Waals surface area (Å²) in [5, 5.41) is 5.23. The average molecular weight is 382 g/mol. The first kappa shape index (κ1) is 18.6. The van der Waals surface area contributed by atoms with Crippen molar-refractivity contribution in [3.63, 3.8) is 0 Å². The molecule has 1 N–H and O–H groups in total. The standard InChI is InChI=1S/C20H18N2O4S/c1-3-26-20(24)14-4-8-15(9-5-14)21-18(23)17-12-27-19(22-17)13-6-10-16(25-2)11-7-13/h4-12H,3H2,1-2H3,(H,21,23). The lowest BCUT2D eigenvalue weighted by Gasteiger charge is -2.05. The summed E-state index contributed by atoms with van der Waals surface area (Å²) in [5.74, 6) is 0.0634. The lowest BCUT2D eigenvalue weighted by Crippen LogP contribution is -2.12. The summed E-state index contributed by atoms with van der Waals surface area (Å²) in [5.41, 5.74) is 2.26. The largest absolute Gasteiger partial charge is 0.497 e. The molecule has 3 aromatic rings. The van der Waals surface area contributed by atoms with E-state index in [-0.39, 0.29) is 11.9 Å². The number of thiazole rings is 1. The second kappa shape index (κ2) is 8.46. The van der Waals surface area contributed by atoms with Crippen molar-refractivity contribution < 1.29 is 19.1 Å². The smallest absolute Gasteiger partial charge is 0.338 e. The summed E-state index contributed by atoms with van der Waals surface area (Å²) in [4.78, 5) is 28.4. The SMILES string of the molecule is CCOC(=O)c1ccc(NC(=O)c2csc(-c3ccc(OC)cc3)n2)cc1. The molecule has 1 heterocycles. The molecule has 27 heavy (non-hydrogen) atoms. The molecule has 138 valence electrons. The van der Waals surface area contributed by atoms with Crippen LogP contribution in [-0.4, -0.2) is 30.6 Å². The Hall–Kier alpha value is -3.19. The number of ether oxygens (including phenoxy) is 2. The fraction of sp³-hybridized carbons (Fsp3) is 0.150. The van der Waals surface area contributed by atoms with E-state index in [1.54, 1.807) is 43.7 Å². The van der Waals surface area contributed by atoms with Crippen molar-refractivity contribution in [3.8, 4) is 16.3 Å². The van der Waals surface area contributed by atoms with E-state index < -0.39 is 0 Å². The van der Waals surface area contributed by atoms with E-state index in [2.05, 4.69) is 10.3 Å². The number of carbonyl (C=O) groups is 2. The van der Waals surface area contributed by atoms with Crippen molar-refractivity contribution >= 4 is 28.9 Å². The molecule has 0 aliphatic heterocycles. The van der Waals surface area contributed by atoms with E-state index in [4.69, 9.17) is 9.47 Å². The minimum absolute atomic E-state index is 0.310. The van der Waals surface area contributed by atoms with Crippen LogP contribution in [0.2, 0.25) is 0 Å². The number of rotatable bonds is 6. The lowest BCUT2D eigenvalue weighted by atomic mass is 10.2. The highest BCUT2D eigenvalue weighted by Gasteiger charge is 2.13. The second-order valence-corrected chi connectivity index (χ2v) is 6.38. The van der Waals surface area contributed by atoms with Crippen molar-refractivity contribution in [1.82, 2.24) is 4.98 Å². The van der Waals surface area contributed by atoms with Gasteiger partial charge in [0.1, 0.15) is 16.5 Å². The Bertz CT molecular complexity index is 933. The molecule has 2 aromatic carbocycles. The van der Waals surface area contributed by atoms with E-state index in [9.17, 15) is 9.59 Å². The highest BCUT2D eigenvalue weighted by Crippen LogP contribution is 2.26. The van der Waals surface area contributed by atoms with Crippen LogP contribution in [0.4, 0.5) is 5.69 Å². The zero-order chi connectivity index (χ0) is 19.2. The fourth-order valence-electron chi connectivity index (χ4n) is 2.34. The Morgan fingerprint density at radius 3 is 2.41 bits per heavy atom. The number of amides is 1. The minimum Gasteiger partial charge on any atom is -0.497 e. The Labute approximate surface area is 160 Å². The van der Waals surface area contributed by atoms with Crippen LogP contribution in [-0.2, 0) is 4.74 Å². The van der Waals surface area contributed by atoms with Crippen molar-refractivity contribution in [2.45, 2.75) is 6.92 Å². The van der Waals surface area contributed by atoms with E-state index in [0.29, 0.717) is 23.6 Å². The van der Waals surface area contributed by atoms with Crippen LogP contribution < -0.4 is 10.1 Å². The molecule has 0 unspecified atom stereocenters. The summed E-state index contributed by atoms with van der Waals surface area (Å²) in [6, 6.07) is 14.0. The van der Waals surface area contributed by atoms with Gasteiger partial charge in [-0.15, -0.1) is 11.3 Å². The first-order chi connectivity index (χ1) is 13.1. The van der Waals surface area contributed by atoms with Gasteiger partial charge >= 0.3 is 5.97 Å². The molecule has 0 spiro atoms. The molecule has 6 nitrogen and oxygen atoms in total. The van der Waals surface area contributed by atoms with Crippen LogP contribution in [0.3, 0.4) is 0 Å². The number of carbonyl (C=O) groups excluding carboxylic acids is 2. The maximum Gasteiger partial charge on any atom is 0.338 e. The zero-order valence-corrected chi connectivity index (χ0v) is 15.7. The van der Waals surface area contributed by atoms with E-state index >= 15 is 0 Å². The third-order valence-electron chi connectivity index (χ3n) is 3.73. The number of aromatic nitrogens is 1. The van der Waals surface area contributed by atoms with Crippen molar-refractivity contribution in [2.75, 3.05) is 19.0 Å². The minimum atomic E-state index is -0.390. The Morgan fingerprint density at radius 1 is 1.07 bits per heavy atom. The fourth-order valence-corrected chi connectivity index (χ4v) is 3.15. The molecule has 7 heteroatoms. The quantitative estimate of drug-likeness (QED) is 0.645. The molecule has 1 amide bonds. The highest BCUT2D eigenvalue weighted by molar-refractivity contribution is 7.13. The van der Waals surface area contributed by atoms with E-state index in [1.165, 1.54) is 11.3 Å². The van der Waals surface area contributed by atoms with Gasteiger partial charge in [0, 0.05) is 16.6 Å². The molecule has 3 rings (SSSR count). The third-order valence-corrected chi connectivity index (χ3v) is 4.62. The van der Waals surface area contributed by atoms with Crippen LogP contribution in [0.5, 0.6) is 5.75 Å². The van der Waals surface area contributed by atoms with Crippen LogP contribution in [0.15, 0.2) is 53.9 Å². The van der Waals surface area contributed by atoms with Crippen LogP contribution >= 0.6 is 11.3 Å². The Balaban J connectivity index is 1.68. The predicted octanol–water partition coefficient (Wildman–Crippen LogP) is 4.25. The molecule has 0 saturated heterocycles. The van der Waals surface area contributed by atoms with Gasteiger partial charge in [-0.2, -0.15) is 0 Å². The van der Waals surface area contributed by atoms with E-state index in [1.807, 2.05) is 24.3 Å².